The fourth-order valence-corrected chi connectivity index (χ4v) is 2.60. The summed E-state index contributed by atoms with van der Waals surface area (Å²) in [6, 6.07) is 10.3. The van der Waals surface area contributed by atoms with Crippen LogP contribution >= 0.6 is 0 Å². The molecule has 0 bridgehead atoms. The SMILES string of the molecule is N#CCc1ccc(-n2cncc2C2CCNC2)cc1. The molecule has 0 aliphatic carbocycles. The number of rotatable bonds is 3. The van der Waals surface area contributed by atoms with Gasteiger partial charge in [-0.3, -0.25) is 0 Å². The van der Waals surface area contributed by atoms with Gasteiger partial charge in [0.05, 0.1) is 18.8 Å². The van der Waals surface area contributed by atoms with Crippen LogP contribution < -0.4 is 5.32 Å². The molecule has 1 unspecified atom stereocenters. The number of imidazole rings is 1. The Morgan fingerprint density at radius 3 is 2.89 bits per heavy atom. The summed E-state index contributed by atoms with van der Waals surface area (Å²) in [5.74, 6) is 0.543. The highest BCUT2D eigenvalue weighted by atomic mass is 15.1. The van der Waals surface area contributed by atoms with E-state index >= 15 is 0 Å². The summed E-state index contributed by atoms with van der Waals surface area (Å²) >= 11 is 0. The van der Waals surface area contributed by atoms with Crippen LogP contribution in [0.15, 0.2) is 36.8 Å². The lowest BCUT2D eigenvalue weighted by Gasteiger charge is -2.13. The average Bonchev–Trinajstić information content (AvgIpc) is 3.11. The van der Waals surface area contributed by atoms with Crippen LogP contribution in [0.2, 0.25) is 0 Å². The molecule has 1 aromatic heterocycles. The maximum Gasteiger partial charge on any atom is 0.0994 e. The zero-order chi connectivity index (χ0) is 13.1. The standard InChI is InChI=1S/C15H16N4/c16-7-5-12-1-3-14(4-2-12)19-11-18-10-15(19)13-6-8-17-9-13/h1-4,10-11,13,17H,5-6,8-9H2. The minimum Gasteiger partial charge on any atom is -0.316 e. The van der Waals surface area contributed by atoms with Crippen LogP contribution in [0.1, 0.15) is 23.6 Å². The van der Waals surface area contributed by atoms with Crippen molar-refractivity contribution in [1.29, 1.82) is 5.26 Å². The van der Waals surface area contributed by atoms with E-state index < -0.39 is 0 Å². The predicted octanol–water partition coefficient (Wildman–Crippen LogP) is 2.02. The lowest BCUT2D eigenvalue weighted by atomic mass is 10.1. The molecule has 1 aliphatic rings. The van der Waals surface area contributed by atoms with E-state index in [2.05, 4.69) is 33.1 Å². The summed E-state index contributed by atoms with van der Waals surface area (Å²) in [6.45, 7) is 2.11. The monoisotopic (exact) mass is 252 g/mol. The van der Waals surface area contributed by atoms with Crippen molar-refractivity contribution >= 4 is 0 Å². The van der Waals surface area contributed by atoms with Gasteiger partial charge in [0.25, 0.3) is 0 Å². The average molecular weight is 252 g/mol. The van der Waals surface area contributed by atoms with Crippen LogP contribution in [0.3, 0.4) is 0 Å². The first kappa shape index (κ1) is 11.9. The summed E-state index contributed by atoms with van der Waals surface area (Å²) in [4.78, 5) is 4.28. The van der Waals surface area contributed by atoms with Crippen LogP contribution in [-0.4, -0.2) is 22.6 Å². The molecule has 1 N–H and O–H groups in total. The first-order chi connectivity index (χ1) is 9.38. The Morgan fingerprint density at radius 1 is 1.37 bits per heavy atom. The third kappa shape index (κ3) is 2.38. The second-order valence-corrected chi connectivity index (χ2v) is 4.88. The molecule has 96 valence electrons. The second kappa shape index (κ2) is 5.25. The third-order valence-corrected chi connectivity index (χ3v) is 3.64. The lowest BCUT2D eigenvalue weighted by Crippen LogP contribution is -2.10. The fourth-order valence-electron chi connectivity index (χ4n) is 2.60. The molecule has 1 atom stereocenters. The first-order valence-corrected chi connectivity index (χ1v) is 6.57. The van der Waals surface area contributed by atoms with E-state index in [1.54, 1.807) is 0 Å². The molecule has 4 nitrogen and oxygen atoms in total. The van der Waals surface area contributed by atoms with Gasteiger partial charge in [-0.1, -0.05) is 12.1 Å². The zero-order valence-corrected chi connectivity index (χ0v) is 10.7. The molecule has 4 heteroatoms. The van der Waals surface area contributed by atoms with E-state index in [4.69, 9.17) is 5.26 Å². The molecule has 1 aromatic carbocycles. The van der Waals surface area contributed by atoms with Crippen molar-refractivity contribution in [3.63, 3.8) is 0 Å². The largest absolute Gasteiger partial charge is 0.316 e. The topological polar surface area (TPSA) is 53.6 Å². The molecular weight excluding hydrogens is 236 g/mol. The third-order valence-electron chi connectivity index (χ3n) is 3.64. The smallest absolute Gasteiger partial charge is 0.0994 e. The van der Waals surface area contributed by atoms with E-state index in [0.717, 1.165) is 30.8 Å². The summed E-state index contributed by atoms with van der Waals surface area (Å²) in [7, 11) is 0. The molecule has 0 saturated carbocycles. The quantitative estimate of drug-likeness (QED) is 0.909. The van der Waals surface area contributed by atoms with Crippen LogP contribution in [0, 0.1) is 11.3 Å². The number of hydrogen-bond donors (Lipinski definition) is 1. The summed E-state index contributed by atoms with van der Waals surface area (Å²) in [6.07, 6.45) is 5.45. The molecule has 19 heavy (non-hydrogen) atoms. The first-order valence-electron chi connectivity index (χ1n) is 6.57. The van der Waals surface area contributed by atoms with E-state index in [1.165, 1.54) is 5.69 Å². The van der Waals surface area contributed by atoms with Gasteiger partial charge in [0.1, 0.15) is 0 Å². The van der Waals surface area contributed by atoms with Crippen LogP contribution in [0.5, 0.6) is 0 Å². The van der Waals surface area contributed by atoms with Crippen molar-refractivity contribution < 1.29 is 0 Å². The normalized spacial score (nSPS) is 18.4. The number of hydrogen-bond acceptors (Lipinski definition) is 3. The molecule has 0 amide bonds. The van der Waals surface area contributed by atoms with Gasteiger partial charge in [-0.2, -0.15) is 5.26 Å². The minimum absolute atomic E-state index is 0.462. The predicted molar refractivity (Wildman–Crippen MR) is 73.1 cm³/mol. The van der Waals surface area contributed by atoms with Crippen molar-refractivity contribution in [3.8, 4) is 11.8 Å². The molecule has 0 radical (unpaired) electrons. The Kier molecular flexibility index (Phi) is 3.30. The Balaban J connectivity index is 1.89. The van der Waals surface area contributed by atoms with Crippen LogP contribution in [0.4, 0.5) is 0 Å². The fraction of sp³-hybridized carbons (Fsp3) is 0.333. The van der Waals surface area contributed by atoms with Gasteiger partial charge < -0.3 is 9.88 Å². The lowest BCUT2D eigenvalue weighted by molar-refractivity contribution is 0.713. The minimum atomic E-state index is 0.462. The second-order valence-electron chi connectivity index (χ2n) is 4.88. The van der Waals surface area contributed by atoms with E-state index in [1.807, 2.05) is 24.7 Å². The Labute approximate surface area is 112 Å². The van der Waals surface area contributed by atoms with Crippen molar-refractivity contribution in [2.45, 2.75) is 18.8 Å². The Bertz CT molecular complexity index is 585. The van der Waals surface area contributed by atoms with Gasteiger partial charge >= 0.3 is 0 Å². The molecule has 1 aliphatic heterocycles. The number of nitrogens with zero attached hydrogens (tertiary/aromatic N) is 3. The summed E-state index contributed by atoms with van der Waals surface area (Å²) in [5, 5.41) is 12.1. The van der Waals surface area contributed by atoms with Gasteiger partial charge in [0.2, 0.25) is 0 Å². The van der Waals surface area contributed by atoms with Crippen molar-refractivity contribution in [2.75, 3.05) is 13.1 Å². The molecule has 1 saturated heterocycles. The zero-order valence-electron chi connectivity index (χ0n) is 10.7. The molecular formula is C15H16N4. The molecule has 1 fully saturated rings. The van der Waals surface area contributed by atoms with Crippen LogP contribution in [0.25, 0.3) is 5.69 Å². The highest BCUT2D eigenvalue weighted by Gasteiger charge is 2.20. The van der Waals surface area contributed by atoms with Crippen molar-refractivity contribution in [3.05, 3.63) is 48.0 Å². The van der Waals surface area contributed by atoms with Crippen LogP contribution in [-0.2, 0) is 6.42 Å². The number of benzene rings is 1. The summed E-state index contributed by atoms with van der Waals surface area (Å²) in [5.41, 5.74) is 3.43. The van der Waals surface area contributed by atoms with E-state index in [9.17, 15) is 0 Å². The van der Waals surface area contributed by atoms with Gasteiger partial charge in [-0.25, -0.2) is 4.98 Å². The van der Waals surface area contributed by atoms with Gasteiger partial charge in [0, 0.05) is 30.0 Å². The molecule has 2 aromatic rings. The van der Waals surface area contributed by atoms with Crippen molar-refractivity contribution in [2.24, 2.45) is 0 Å². The van der Waals surface area contributed by atoms with Gasteiger partial charge in [-0.15, -0.1) is 0 Å². The maximum absolute atomic E-state index is 8.69. The van der Waals surface area contributed by atoms with Gasteiger partial charge in [0.15, 0.2) is 0 Å². The number of aromatic nitrogens is 2. The molecule has 3 rings (SSSR count). The van der Waals surface area contributed by atoms with E-state index in [-0.39, 0.29) is 0 Å². The molecule has 0 spiro atoms. The van der Waals surface area contributed by atoms with Crippen molar-refractivity contribution in [1.82, 2.24) is 14.9 Å². The highest BCUT2D eigenvalue weighted by molar-refractivity contribution is 5.37. The Morgan fingerprint density at radius 2 is 2.21 bits per heavy atom. The number of nitriles is 1. The Hall–Kier alpha value is -2.12. The maximum atomic E-state index is 8.69. The van der Waals surface area contributed by atoms with Gasteiger partial charge in [-0.05, 0) is 30.7 Å². The number of nitrogens with one attached hydrogen (secondary N) is 1. The summed E-state index contributed by atoms with van der Waals surface area (Å²) < 4.78 is 2.15. The van der Waals surface area contributed by atoms with E-state index in [0.29, 0.717) is 12.3 Å². The highest BCUT2D eigenvalue weighted by Crippen LogP contribution is 2.24. The molecule has 2 heterocycles.